The highest BCUT2D eigenvalue weighted by Crippen LogP contribution is 2.40. The van der Waals surface area contributed by atoms with Gasteiger partial charge in [-0.25, -0.2) is 51.9 Å². The SMILES string of the molecule is CCOC(=O)CN1C(=O)C(Cc2ccccc2OCC(=O)O)SC1=Nc1cc(-n2c(=O)cc(C(F)(F)F)n(C)c2=O)c(F)cc1Cl.CCOC(=O)CN1C(=O)C(Cc2ccccc2OCC(=O)OC(C)(C)C)SC1=Nc1cc(-n2c(=O)cc(C(F)(F)F)n(C)c2=O)c(F)cc1Cl.O=C(O)C(F)(F)F. The summed E-state index contributed by atoms with van der Waals surface area (Å²) in [6.45, 7) is 6.05. The fourth-order valence-corrected chi connectivity index (χ4v) is 11.8. The van der Waals surface area contributed by atoms with Gasteiger partial charge in [0.2, 0.25) is 11.8 Å². The van der Waals surface area contributed by atoms with Gasteiger partial charge in [-0.1, -0.05) is 83.1 Å². The van der Waals surface area contributed by atoms with E-state index in [4.69, 9.17) is 61.9 Å². The van der Waals surface area contributed by atoms with Crippen LogP contribution >= 0.6 is 46.7 Å². The number of carbonyl (C=O) groups is 7. The minimum absolute atomic E-state index is 0.00217. The number of aliphatic carboxylic acids is 2. The van der Waals surface area contributed by atoms with Gasteiger partial charge in [0.15, 0.2) is 23.5 Å². The number of ether oxygens (including phenoxy) is 5. The number of hydrogen-bond donors (Lipinski definition) is 2. The van der Waals surface area contributed by atoms with Gasteiger partial charge < -0.3 is 33.9 Å². The van der Waals surface area contributed by atoms with Crippen molar-refractivity contribution in [2.24, 2.45) is 24.1 Å². The topological polar surface area (TPSA) is 325 Å². The first kappa shape index (κ1) is 81.9. The van der Waals surface area contributed by atoms with Crippen molar-refractivity contribution >= 4 is 110 Å². The Morgan fingerprint density at radius 2 is 0.913 bits per heavy atom. The van der Waals surface area contributed by atoms with E-state index in [2.05, 4.69) is 9.98 Å². The Bertz CT molecular complexity index is 4610. The van der Waals surface area contributed by atoms with Crippen molar-refractivity contribution in [1.29, 1.82) is 0 Å². The van der Waals surface area contributed by atoms with E-state index < -0.39 is 159 Å². The Morgan fingerprint density at radius 3 is 1.24 bits per heavy atom. The number of aliphatic imine (C=N–C) groups is 2. The predicted molar refractivity (Wildman–Crippen MR) is 347 cm³/mol. The van der Waals surface area contributed by atoms with Crippen molar-refractivity contribution in [3.63, 3.8) is 0 Å². The molecular weight excluding hydrogens is 1490 g/mol. The van der Waals surface area contributed by atoms with Crippen LogP contribution in [0.2, 0.25) is 10.0 Å². The Kier molecular flexibility index (Phi) is 26.9. The molecule has 2 saturated heterocycles. The molecular formula is C62H55Cl2F11N8O18S2. The molecule has 41 heteroatoms. The van der Waals surface area contributed by atoms with Crippen LogP contribution in [0.1, 0.15) is 57.1 Å². The summed E-state index contributed by atoms with van der Waals surface area (Å²) in [6, 6.07) is 16.4. The van der Waals surface area contributed by atoms with Crippen molar-refractivity contribution in [3.05, 3.63) is 171 Å². The lowest BCUT2D eigenvalue weighted by atomic mass is 10.1. The summed E-state index contributed by atoms with van der Waals surface area (Å²) in [7, 11) is 1.53. The standard InChI is InChI=1S/C32H31ClF4N4O8S.C28H23ClF4N4O8S.C2HF3O2/c1-6-47-26(43)15-40-28(45)23(11-17-9-7-8-10-22(17)48-16-27(44)49-31(2,3)4)50-29(40)38-20-13-21(19(34)12-18(20)33)41-25(42)14-24(32(35,36)37)39(5)30(41)46;1-3-44-24(41)12-36-25(42)20(8-14-6-4-5-7-19(14)45-13-23(39)40)46-26(36)34-17-10-18(16(30)9-15(17)29)37-22(38)11-21(28(31,32)33)35(2)27(37)43;3-2(4,5)1(6)7/h7-10,12-14,23H,6,11,15-16H2,1-5H3;4-7,9-11,20H,3,8,12-13H2,1-2H3,(H,39,40);(H,6,7). The van der Waals surface area contributed by atoms with E-state index in [0.717, 1.165) is 59.6 Å². The molecule has 0 spiro atoms. The molecule has 554 valence electrons. The van der Waals surface area contributed by atoms with Gasteiger partial charge in [0.05, 0.1) is 56.5 Å². The number of para-hydroxylation sites is 2. The highest BCUT2D eigenvalue weighted by Gasteiger charge is 2.43. The predicted octanol–water partition coefficient (Wildman–Crippen LogP) is 8.99. The molecule has 0 radical (unpaired) electrons. The number of rotatable bonds is 20. The third-order valence-corrected chi connectivity index (χ3v) is 16.5. The number of hydrogen-bond acceptors (Lipinski definition) is 20. The minimum Gasteiger partial charge on any atom is -0.482 e. The number of amidine groups is 2. The highest BCUT2D eigenvalue weighted by atomic mass is 35.5. The van der Waals surface area contributed by atoms with E-state index in [1.54, 1.807) is 77.1 Å². The highest BCUT2D eigenvalue weighted by molar-refractivity contribution is 8.15. The van der Waals surface area contributed by atoms with E-state index in [0.29, 0.717) is 29.0 Å². The molecule has 2 amide bonds. The second-order valence-corrected chi connectivity index (χ2v) is 25.2. The molecule has 0 bridgehead atoms. The summed E-state index contributed by atoms with van der Waals surface area (Å²) in [5.74, 6) is -9.29. The quantitative estimate of drug-likeness (QED) is 0.0409. The third-order valence-electron chi connectivity index (χ3n) is 13.5. The molecule has 4 aromatic carbocycles. The largest absolute Gasteiger partial charge is 0.490 e. The van der Waals surface area contributed by atoms with Crippen molar-refractivity contribution < 1.29 is 116 Å². The Hall–Kier alpha value is -10.0. The lowest BCUT2D eigenvalue weighted by Crippen LogP contribution is -2.41. The molecule has 2 unspecified atom stereocenters. The van der Waals surface area contributed by atoms with Gasteiger partial charge in [0, 0.05) is 26.2 Å². The Labute approximate surface area is 590 Å². The average molecular weight is 1540 g/mol. The zero-order valence-electron chi connectivity index (χ0n) is 54.1. The number of esters is 3. The van der Waals surface area contributed by atoms with Crippen LogP contribution in [0.4, 0.5) is 59.7 Å². The van der Waals surface area contributed by atoms with Crippen molar-refractivity contribution in [2.75, 3.05) is 39.5 Å². The second-order valence-electron chi connectivity index (χ2n) is 22.0. The van der Waals surface area contributed by atoms with Gasteiger partial charge >= 0.3 is 59.8 Å². The fourth-order valence-electron chi connectivity index (χ4n) is 9.10. The van der Waals surface area contributed by atoms with Gasteiger partial charge in [-0.05, 0) is 95.0 Å². The van der Waals surface area contributed by atoms with E-state index >= 15 is 8.78 Å². The Balaban J connectivity index is 0.000000297. The zero-order chi connectivity index (χ0) is 77.1. The summed E-state index contributed by atoms with van der Waals surface area (Å²) < 4.78 is 169. The smallest absolute Gasteiger partial charge is 0.482 e. The van der Waals surface area contributed by atoms with Crippen LogP contribution in [0.5, 0.6) is 11.5 Å². The van der Waals surface area contributed by atoms with Crippen molar-refractivity contribution in [3.8, 4) is 22.9 Å². The normalized spacial score (nSPS) is 15.5. The summed E-state index contributed by atoms with van der Waals surface area (Å²) in [6.07, 6.45) is -15.1. The maximum atomic E-state index is 15.2. The maximum Gasteiger partial charge on any atom is 0.490 e. The van der Waals surface area contributed by atoms with E-state index in [-0.39, 0.29) is 94.0 Å². The van der Waals surface area contributed by atoms with Gasteiger partial charge in [0.25, 0.3) is 11.1 Å². The number of alkyl halides is 9. The molecule has 2 N–H and O–H groups in total. The van der Waals surface area contributed by atoms with Crippen LogP contribution in [-0.4, -0.2) is 152 Å². The molecule has 0 aliphatic carbocycles. The second kappa shape index (κ2) is 33.8. The number of carboxylic acid groups (broad SMARTS) is 2. The summed E-state index contributed by atoms with van der Waals surface area (Å²) in [5.41, 5.74) is -10.9. The molecule has 0 saturated carbocycles. The molecule has 2 aliphatic heterocycles. The van der Waals surface area contributed by atoms with Crippen LogP contribution in [0, 0.1) is 11.6 Å². The van der Waals surface area contributed by atoms with E-state index in [9.17, 15) is 87.5 Å². The zero-order valence-corrected chi connectivity index (χ0v) is 57.3. The molecule has 2 fully saturated rings. The number of thioether (sulfide) groups is 2. The molecule has 103 heavy (non-hydrogen) atoms. The van der Waals surface area contributed by atoms with Gasteiger partial charge in [-0.2, -0.15) is 39.5 Å². The monoisotopic (exact) mass is 1540 g/mol. The number of carboxylic acids is 2. The summed E-state index contributed by atoms with van der Waals surface area (Å²) in [4.78, 5) is 146. The fraction of sp³-hybridized carbons (Fsp3) is 0.339. The average Bonchev–Trinajstić information content (AvgIpc) is 1.17. The number of benzene rings is 4. The number of carbonyl (C=O) groups excluding carboxylic acids is 5. The lowest BCUT2D eigenvalue weighted by molar-refractivity contribution is -0.192. The number of nitrogens with zero attached hydrogens (tertiary/aromatic N) is 8. The molecule has 8 rings (SSSR count). The minimum atomic E-state index is -5.08. The number of amides is 2. The van der Waals surface area contributed by atoms with Gasteiger partial charge in [-0.15, -0.1) is 0 Å². The molecule has 26 nitrogen and oxygen atoms in total. The van der Waals surface area contributed by atoms with Crippen LogP contribution in [0.25, 0.3) is 11.4 Å². The molecule has 2 atom stereocenters. The molecule has 4 heterocycles. The maximum absolute atomic E-state index is 15.2. The van der Waals surface area contributed by atoms with Crippen molar-refractivity contribution in [2.45, 2.75) is 82.1 Å². The third kappa shape index (κ3) is 21.3. The summed E-state index contributed by atoms with van der Waals surface area (Å²) >= 11 is 14.3. The lowest BCUT2D eigenvalue weighted by Gasteiger charge is -2.20. The first-order valence-corrected chi connectivity index (χ1v) is 31.8. The first-order valence-electron chi connectivity index (χ1n) is 29.3. The van der Waals surface area contributed by atoms with Crippen molar-refractivity contribution in [1.82, 2.24) is 28.1 Å². The van der Waals surface area contributed by atoms with E-state index in [1.165, 1.54) is 6.07 Å². The summed E-state index contributed by atoms with van der Waals surface area (Å²) in [5, 5.41) is 13.4. The van der Waals surface area contributed by atoms with E-state index in [1.807, 2.05) is 0 Å². The van der Waals surface area contributed by atoms with Crippen LogP contribution in [-0.2, 0) is 87.1 Å². The van der Waals surface area contributed by atoms with Gasteiger partial charge in [-0.3, -0.25) is 47.7 Å². The van der Waals surface area contributed by atoms with Crippen LogP contribution in [0.3, 0.4) is 0 Å². The Morgan fingerprint density at radius 1 is 0.553 bits per heavy atom. The molecule has 2 aromatic heterocycles. The number of halogens is 13. The van der Waals surface area contributed by atoms with Crippen LogP contribution < -0.4 is 32.0 Å². The molecule has 2 aliphatic rings. The van der Waals surface area contributed by atoms with Crippen LogP contribution in [0.15, 0.2) is 114 Å². The molecule has 6 aromatic rings. The van der Waals surface area contributed by atoms with Gasteiger partial charge in [0.1, 0.15) is 53.2 Å². The first-order chi connectivity index (χ1) is 47.9. The number of aromatic nitrogens is 4.